The van der Waals surface area contributed by atoms with Crippen LogP contribution in [-0.2, 0) is 0 Å². The van der Waals surface area contributed by atoms with E-state index in [0.29, 0.717) is 17.4 Å². The van der Waals surface area contributed by atoms with Gasteiger partial charge < -0.3 is 4.74 Å². The first-order chi connectivity index (χ1) is 11.3. The Morgan fingerprint density at radius 2 is 1.65 bits per heavy atom. The molecule has 0 amide bonds. The van der Waals surface area contributed by atoms with Crippen LogP contribution in [0.15, 0.2) is 66.7 Å². The summed E-state index contributed by atoms with van der Waals surface area (Å²) in [6, 6.07) is 20.6. The maximum atomic E-state index is 12.6. The van der Waals surface area contributed by atoms with Gasteiger partial charge in [-0.2, -0.15) is 5.10 Å². The van der Waals surface area contributed by atoms with Crippen LogP contribution >= 0.6 is 0 Å². The van der Waals surface area contributed by atoms with Crippen LogP contribution in [-0.4, -0.2) is 15.7 Å². The van der Waals surface area contributed by atoms with Crippen molar-refractivity contribution in [2.24, 2.45) is 0 Å². The molecule has 0 aliphatic heterocycles. The molecule has 1 aliphatic rings. The van der Waals surface area contributed by atoms with Gasteiger partial charge in [0.05, 0.1) is 11.4 Å². The van der Waals surface area contributed by atoms with Crippen LogP contribution in [0.2, 0.25) is 0 Å². The monoisotopic (exact) mass is 304 g/mol. The van der Waals surface area contributed by atoms with Crippen molar-refractivity contribution in [3.05, 3.63) is 78.1 Å². The lowest BCUT2D eigenvalue weighted by Gasteiger charge is -2.07. The Morgan fingerprint density at radius 3 is 2.30 bits per heavy atom. The first-order valence-electron chi connectivity index (χ1n) is 7.74. The van der Waals surface area contributed by atoms with Gasteiger partial charge in [-0.3, -0.25) is 0 Å². The van der Waals surface area contributed by atoms with E-state index in [0.717, 1.165) is 24.2 Å². The number of aromatic nitrogens is 2. The molecule has 0 spiro atoms. The van der Waals surface area contributed by atoms with Crippen LogP contribution < -0.4 is 4.74 Å². The molecule has 2 aromatic carbocycles. The Balaban J connectivity index is 1.70. The van der Waals surface area contributed by atoms with Crippen molar-refractivity contribution in [3.63, 3.8) is 0 Å². The van der Waals surface area contributed by atoms with Crippen LogP contribution in [0, 0.1) is 0 Å². The molecule has 1 aliphatic carbocycles. The number of carbonyl (C=O) groups excluding carboxylic acids is 1. The van der Waals surface area contributed by atoms with Crippen LogP contribution in [0.3, 0.4) is 0 Å². The minimum absolute atomic E-state index is 0.389. The van der Waals surface area contributed by atoms with Crippen LogP contribution in [0.5, 0.6) is 5.75 Å². The zero-order chi connectivity index (χ0) is 15.6. The van der Waals surface area contributed by atoms with E-state index in [2.05, 4.69) is 5.10 Å². The van der Waals surface area contributed by atoms with Crippen molar-refractivity contribution in [1.29, 1.82) is 0 Å². The van der Waals surface area contributed by atoms with Gasteiger partial charge in [0.1, 0.15) is 5.75 Å². The Hall–Kier alpha value is -2.88. The van der Waals surface area contributed by atoms with Crippen molar-refractivity contribution in [1.82, 2.24) is 9.78 Å². The third kappa shape index (κ3) is 2.88. The van der Waals surface area contributed by atoms with E-state index in [1.54, 1.807) is 16.8 Å². The van der Waals surface area contributed by atoms with Crippen molar-refractivity contribution >= 4 is 5.97 Å². The predicted octanol–water partition coefficient (Wildman–Crippen LogP) is 3.97. The third-order valence-corrected chi connectivity index (χ3v) is 3.89. The topological polar surface area (TPSA) is 44.1 Å². The molecule has 0 bridgehead atoms. The number of hydrogen-bond donors (Lipinski definition) is 0. The minimum atomic E-state index is -0.389. The first-order valence-corrected chi connectivity index (χ1v) is 7.74. The van der Waals surface area contributed by atoms with E-state index in [1.807, 2.05) is 54.6 Å². The SMILES string of the molecule is O=C(Oc1ccccc1)c1cc(C2CC2)nn1-c1ccccc1. The highest BCUT2D eigenvalue weighted by Crippen LogP contribution is 2.39. The molecule has 0 unspecified atom stereocenters. The number of esters is 1. The highest BCUT2D eigenvalue weighted by Gasteiger charge is 2.29. The van der Waals surface area contributed by atoms with Crippen LogP contribution in [0.25, 0.3) is 5.69 Å². The molecule has 4 heteroatoms. The summed E-state index contributed by atoms with van der Waals surface area (Å²) < 4.78 is 7.16. The van der Waals surface area contributed by atoms with E-state index >= 15 is 0 Å². The van der Waals surface area contributed by atoms with Gasteiger partial charge in [-0.25, -0.2) is 9.48 Å². The number of benzene rings is 2. The fourth-order valence-electron chi connectivity index (χ4n) is 2.54. The second kappa shape index (κ2) is 5.72. The summed E-state index contributed by atoms with van der Waals surface area (Å²) in [6.45, 7) is 0. The summed E-state index contributed by atoms with van der Waals surface area (Å²) in [5.74, 6) is 0.619. The molecule has 114 valence electrons. The van der Waals surface area contributed by atoms with Gasteiger partial charge in [-0.05, 0) is 43.2 Å². The molecule has 1 saturated carbocycles. The van der Waals surface area contributed by atoms with Crippen LogP contribution in [0.4, 0.5) is 0 Å². The highest BCUT2D eigenvalue weighted by molar-refractivity contribution is 5.90. The molecule has 4 nitrogen and oxygen atoms in total. The van der Waals surface area contributed by atoms with Crippen molar-refractivity contribution in [2.45, 2.75) is 18.8 Å². The molecular weight excluding hydrogens is 288 g/mol. The van der Waals surface area contributed by atoms with Gasteiger partial charge in [-0.15, -0.1) is 0 Å². The van der Waals surface area contributed by atoms with Gasteiger partial charge in [0.25, 0.3) is 0 Å². The second-order valence-corrected chi connectivity index (χ2v) is 5.68. The number of rotatable bonds is 4. The summed E-state index contributed by atoms with van der Waals surface area (Å²) in [4.78, 5) is 12.6. The molecule has 0 atom stereocenters. The van der Waals surface area contributed by atoms with E-state index in [9.17, 15) is 4.79 Å². The fourth-order valence-corrected chi connectivity index (χ4v) is 2.54. The Kier molecular flexibility index (Phi) is 3.42. The van der Waals surface area contributed by atoms with Gasteiger partial charge in [0.2, 0.25) is 0 Å². The number of nitrogens with zero attached hydrogens (tertiary/aromatic N) is 2. The van der Waals surface area contributed by atoms with Crippen molar-refractivity contribution in [2.75, 3.05) is 0 Å². The second-order valence-electron chi connectivity index (χ2n) is 5.68. The summed E-state index contributed by atoms with van der Waals surface area (Å²) in [6.07, 6.45) is 2.28. The molecule has 1 heterocycles. The molecule has 1 aromatic heterocycles. The molecule has 0 saturated heterocycles. The molecule has 23 heavy (non-hydrogen) atoms. The zero-order valence-corrected chi connectivity index (χ0v) is 12.6. The number of hydrogen-bond acceptors (Lipinski definition) is 3. The molecular formula is C19H16N2O2. The van der Waals surface area contributed by atoms with Gasteiger partial charge in [-0.1, -0.05) is 36.4 Å². The van der Waals surface area contributed by atoms with Gasteiger partial charge in [0, 0.05) is 5.92 Å². The summed E-state index contributed by atoms with van der Waals surface area (Å²) in [5, 5.41) is 4.62. The first kappa shape index (κ1) is 13.8. The molecule has 4 rings (SSSR count). The smallest absolute Gasteiger partial charge is 0.362 e. The lowest BCUT2D eigenvalue weighted by molar-refractivity contribution is 0.0725. The van der Waals surface area contributed by atoms with Crippen molar-refractivity contribution < 1.29 is 9.53 Å². The predicted molar refractivity (Wildman–Crippen MR) is 86.9 cm³/mol. The van der Waals surface area contributed by atoms with E-state index in [1.165, 1.54) is 0 Å². The van der Waals surface area contributed by atoms with Gasteiger partial charge in [0.15, 0.2) is 5.69 Å². The quantitative estimate of drug-likeness (QED) is 0.541. The third-order valence-electron chi connectivity index (χ3n) is 3.89. The number of carbonyl (C=O) groups is 1. The number of para-hydroxylation sites is 2. The Bertz CT molecular complexity index is 821. The van der Waals surface area contributed by atoms with Crippen molar-refractivity contribution in [3.8, 4) is 11.4 Å². The highest BCUT2D eigenvalue weighted by atomic mass is 16.5. The molecule has 0 N–H and O–H groups in total. The minimum Gasteiger partial charge on any atom is -0.422 e. The summed E-state index contributed by atoms with van der Waals surface area (Å²) in [5.41, 5.74) is 2.29. The lowest BCUT2D eigenvalue weighted by Crippen LogP contribution is -2.14. The lowest BCUT2D eigenvalue weighted by atomic mass is 10.2. The largest absolute Gasteiger partial charge is 0.422 e. The molecule has 1 fully saturated rings. The maximum absolute atomic E-state index is 12.6. The standard InChI is InChI=1S/C19H16N2O2/c22-19(23-16-9-5-2-6-10-16)18-13-17(14-11-12-14)20-21(18)15-7-3-1-4-8-15/h1-10,13-14H,11-12H2. The van der Waals surface area contributed by atoms with Crippen LogP contribution in [0.1, 0.15) is 34.9 Å². The van der Waals surface area contributed by atoms with E-state index < -0.39 is 0 Å². The number of ether oxygens (including phenoxy) is 1. The summed E-state index contributed by atoms with van der Waals surface area (Å²) >= 11 is 0. The normalized spacial score (nSPS) is 13.7. The fraction of sp³-hybridized carbons (Fsp3) is 0.158. The Labute approximate surface area is 134 Å². The van der Waals surface area contributed by atoms with E-state index in [4.69, 9.17) is 4.74 Å². The average molecular weight is 304 g/mol. The zero-order valence-electron chi connectivity index (χ0n) is 12.6. The maximum Gasteiger partial charge on any atom is 0.362 e. The average Bonchev–Trinajstić information content (AvgIpc) is 3.35. The molecule has 0 radical (unpaired) electrons. The van der Waals surface area contributed by atoms with E-state index in [-0.39, 0.29) is 5.97 Å². The molecule has 3 aromatic rings. The Morgan fingerprint density at radius 1 is 1.00 bits per heavy atom. The van der Waals surface area contributed by atoms with Gasteiger partial charge >= 0.3 is 5.97 Å². The summed E-state index contributed by atoms with van der Waals surface area (Å²) in [7, 11) is 0.